The maximum atomic E-state index is 6.05. The molecule has 3 nitrogen and oxygen atoms in total. The molecular weight excluding hydrogens is 286 g/mol. The fraction of sp³-hybridized carbons (Fsp3) is 0.333. The van der Waals surface area contributed by atoms with Crippen molar-refractivity contribution in [3.8, 4) is 0 Å². The summed E-state index contributed by atoms with van der Waals surface area (Å²) in [4.78, 5) is 1.17. The third-order valence-electron chi connectivity index (χ3n) is 2.26. The predicted octanol–water partition coefficient (Wildman–Crippen LogP) is 3.84. The van der Waals surface area contributed by atoms with Gasteiger partial charge in [-0.3, -0.25) is 0 Å². The van der Waals surface area contributed by atoms with Crippen LogP contribution in [0.4, 0.5) is 0 Å². The molecule has 0 saturated carbocycles. The third-order valence-corrected chi connectivity index (χ3v) is 4.39. The summed E-state index contributed by atoms with van der Waals surface area (Å²) in [6.45, 7) is 5.06. The van der Waals surface area contributed by atoms with Gasteiger partial charge in [-0.05, 0) is 23.8 Å². The Morgan fingerprint density at radius 2 is 2.28 bits per heavy atom. The van der Waals surface area contributed by atoms with Crippen LogP contribution in [-0.2, 0) is 6.54 Å². The Hall–Kier alpha value is -0.620. The zero-order valence-corrected chi connectivity index (χ0v) is 12.6. The zero-order chi connectivity index (χ0) is 13.0. The molecule has 0 saturated heterocycles. The molecule has 96 valence electrons. The normalized spacial score (nSPS) is 11.1. The number of hydrogen-bond acceptors (Lipinski definition) is 5. The van der Waals surface area contributed by atoms with E-state index >= 15 is 0 Å². The standard InChI is InChI=1S/C12H14ClN3S2/c1-8(2)14-6-9-5-10(13)3-4-11(9)18-12-16-15-7-17-12/h3-5,7-8,14H,6H2,1-2H3. The van der Waals surface area contributed by atoms with E-state index in [0.717, 1.165) is 15.9 Å². The molecule has 0 atom stereocenters. The first-order chi connectivity index (χ1) is 8.65. The predicted molar refractivity (Wildman–Crippen MR) is 77.5 cm³/mol. The van der Waals surface area contributed by atoms with Crippen LogP contribution in [0.5, 0.6) is 0 Å². The van der Waals surface area contributed by atoms with Crippen LogP contribution in [0, 0.1) is 0 Å². The Bertz CT molecular complexity index is 500. The zero-order valence-electron chi connectivity index (χ0n) is 10.2. The van der Waals surface area contributed by atoms with Crippen molar-refractivity contribution in [1.29, 1.82) is 0 Å². The molecule has 1 aromatic heterocycles. The summed E-state index contributed by atoms with van der Waals surface area (Å²) in [5.74, 6) is 0. The van der Waals surface area contributed by atoms with E-state index in [0.29, 0.717) is 6.04 Å². The Labute approximate surface area is 120 Å². The van der Waals surface area contributed by atoms with Crippen LogP contribution >= 0.6 is 34.7 Å². The SMILES string of the molecule is CC(C)NCc1cc(Cl)ccc1Sc1nncs1. The van der Waals surface area contributed by atoms with Crippen molar-refractivity contribution >= 4 is 34.7 Å². The molecule has 0 aliphatic carbocycles. The second-order valence-corrected chi connectivity index (χ2v) is 6.65. The minimum Gasteiger partial charge on any atom is -0.310 e. The summed E-state index contributed by atoms with van der Waals surface area (Å²) in [6, 6.07) is 6.39. The van der Waals surface area contributed by atoms with Gasteiger partial charge in [0.2, 0.25) is 0 Å². The minimum atomic E-state index is 0.448. The van der Waals surface area contributed by atoms with Crippen LogP contribution < -0.4 is 5.32 Å². The molecular formula is C12H14ClN3S2. The molecule has 0 aliphatic heterocycles. The van der Waals surface area contributed by atoms with E-state index in [-0.39, 0.29) is 0 Å². The van der Waals surface area contributed by atoms with E-state index in [1.165, 1.54) is 10.5 Å². The quantitative estimate of drug-likeness (QED) is 0.910. The molecule has 1 aromatic carbocycles. The molecule has 0 amide bonds. The summed E-state index contributed by atoms with van der Waals surface area (Å²) in [7, 11) is 0. The van der Waals surface area contributed by atoms with Crippen LogP contribution in [0.2, 0.25) is 5.02 Å². The first-order valence-corrected chi connectivity index (χ1v) is 7.68. The lowest BCUT2D eigenvalue weighted by atomic mass is 10.2. The molecule has 0 aliphatic rings. The molecule has 1 heterocycles. The highest BCUT2D eigenvalue weighted by molar-refractivity contribution is 8.01. The first kappa shape index (κ1) is 13.8. The Balaban J connectivity index is 2.17. The number of rotatable bonds is 5. The summed E-state index contributed by atoms with van der Waals surface area (Å²) in [5, 5.41) is 12.1. The summed E-state index contributed by atoms with van der Waals surface area (Å²) in [6.07, 6.45) is 0. The van der Waals surface area contributed by atoms with Crippen molar-refractivity contribution in [2.45, 2.75) is 35.7 Å². The van der Waals surface area contributed by atoms with Crippen LogP contribution in [0.3, 0.4) is 0 Å². The van der Waals surface area contributed by atoms with Gasteiger partial charge < -0.3 is 5.32 Å². The highest BCUT2D eigenvalue weighted by Crippen LogP contribution is 2.32. The van der Waals surface area contributed by atoms with E-state index < -0.39 is 0 Å². The lowest BCUT2D eigenvalue weighted by Gasteiger charge is -2.11. The lowest BCUT2D eigenvalue weighted by molar-refractivity contribution is 0.585. The van der Waals surface area contributed by atoms with Gasteiger partial charge in [0, 0.05) is 22.5 Å². The van der Waals surface area contributed by atoms with Gasteiger partial charge in [-0.25, -0.2) is 0 Å². The van der Waals surface area contributed by atoms with Gasteiger partial charge in [-0.2, -0.15) is 0 Å². The van der Waals surface area contributed by atoms with Gasteiger partial charge in [0.05, 0.1) is 0 Å². The molecule has 0 radical (unpaired) electrons. The van der Waals surface area contributed by atoms with Crippen LogP contribution in [-0.4, -0.2) is 16.2 Å². The molecule has 1 N–H and O–H groups in total. The van der Waals surface area contributed by atoms with E-state index in [9.17, 15) is 0 Å². The van der Waals surface area contributed by atoms with Crippen LogP contribution in [0.25, 0.3) is 0 Å². The van der Waals surface area contributed by atoms with Crippen molar-refractivity contribution in [2.75, 3.05) is 0 Å². The molecule has 2 aromatic rings. The number of aromatic nitrogens is 2. The lowest BCUT2D eigenvalue weighted by Crippen LogP contribution is -2.22. The maximum absolute atomic E-state index is 6.05. The van der Waals surface area contributed by atoms with Crippen LogP contribution in [0.1, 0.15) is 19.4 Å². The number of nitrogens with zero attached hydrogens (tertiary/aromatic N) is 2. The van der Waals surface area contributed by atoms with E-state index in [2.05, 4.69) is 29.4 Å². The number of nitrogens with one attached hydrogen (secondary N) is 1. The number of halogens is 1. The largest absolute Gasteiger partial charge is 0.310 e. The molecule has 0 unspecified atom stereocenters. The van der Waals surface area contributed by atoms with Gasteiger partial charge in [-0.1, -0.05) is 48.5 Å². The maximum Gasteiger partial charge on any atom is 0.178 e. The van der Waals surface area contributed by atoms with Crippen molar-refractivity contribution in [2.24, 2.45) is 0 Å². The monoisotopic (exact) mass is 299 g/mol. The molecule has 0 spiro atoms. The van der Waals surface area contributed by atoms with E-state index in [1.54, 1.807) is 28.6 Å². The van der Waals surface area contributed by atoms with Crippen molar-refractivity contribution in [1.82, 2.24) is 15.5 Å². The Morgan fingerprint density at radius 3 is 2.94 bits per heavy atom. The fourth-order valence-corrected chi connectivity index (χ4v) is 3.14. The smallest absolute Gasteiger partial charge is 0.178 e. The highest BCUT2D eigenvalue weighted by atomic mass is 35.5. The van der Waals surface area contributed by atoms with Crippen molar-refractivity contribution in [3.63, 3.8) is 0 Å². The Morgan fingerprint density at radius 1 is 1.44 bits per heavy atom. The highest BCUT2D eigenvalue weighted by Gasteiger charge is 2.08. The van der Waals surface area contributed by atoms with E-state index in [4.69, 9.17) is 11.6 Å². The molecule has 0 bridgehead atoms. The second kappa shape index (κ2) is 6.52. The average Bonchev–Trinajstić information content (AvgIpc) is 2.82. The molecule has 0 fully saturated rings. The van der Waals surface area contributed by atoms with E-state index in [1.807, 2.05) is 18.2 Å². The summed E-state index contributed by atoms with van der Waals surface area (Å²) in [5.41, 5.74) is 2.93. The van der Waals surface area contributed by atoms with Gasteiger partial charge in [0.15, 0.2) is 4.34 Å². The van der Waals surface area contributed by atoms with Gasteiger partial charge in [-0.15, -0.1) is 10.2 Å². The van der Waals surface area contributed by atoms with Gasteiger partial charge in [0.25, 0.3) is 0 Å². The summed E-state index contributed by atoms with van der Waals surface area (Å²) < 4.78 is 0.947. The van der Waals surface area contributed by atoms with Crippen molar-refractivity contribution < 1.29 is 0 Å². The van der Waals surface area contributed by atoms with Crippen LogP contribution in [0.15, 0.2) is 32.9 Å². The topological polar surface area (TPSA) is 37.8 Å². The second-order valence-electron chi connectivity index (χ2n) is 4.09. The van der Waals surface area contributed by atoms with Crippen molar-refractivity contribution in [3.05, 3.63) is 34.3 Å². The van der Waals surface area contributed by atoms with Gasteiger partial charge >= 0.3 is 0 Å². The number of hydrogen-bond donors (Lipinski definition) is 1. The molecule has 6 heteroatoms. The fourth-order valence-electron chi connectivity index (χ4n) is 1.40. The molecule has 2 rings (SSSR count). The number of benzene rings is 1. The molecule has 18 heavy (non-hydrogen) atoms. The minimum absolute atomic E-state index is 0.448. The summed E-state index contributed by atoms with van der Waals surface area (Å²) >= 11 is 9.22. The average molecular weight is 300 g/mol. The Kier molecular flexibility index (Phi) is 5.00. The first-order valence-electron chi connectivity index (χ1n) is 5.61. The third kappa shape index (κ3) is 3.95. The van der Waals surface area contributed by atoms with Gasteiger partial charge in [0.1, 0.15) is 5.51 Å².